The number of rotatable bonds is 5. The molecule has 86 valence electrons. The number of aliphatic carboxylic acids is 3. The Bertz CT molecular complexity index is 247. The van der Waals surface area contributed by atoms with Crippen LogP contribution in [0.5, 0.6) is 0 Å². The first-order valence-electron chi connectivity index (χ1n) is 3.17. The average Bonchev–Trinajstić information content (AvgIpc) is 1.82. The van der Waals surface area contributed by atoms with Crippen LogP contribution in [-0.2, 0) is 14.4 Å². The van der Waals surface area contributed by atoms with Crippen LogP contribution in [0.15, 0.2) is 0 Å². The Hall–Kier alpha value is -0.514. The summed E-state index contributed by atoms with van der Waals surface area (Å²) in [6.07, 6.45) is -2.29. The van der Waals surface area contributed by atoms with Crippen molar-refractivity contribution in [3.05, 3.63) is 0 Å². The number of carboxylic acids is 3. The van der Waals surface area contributed by atoms with Crippen molar-refractivity contribution in [3.63, 3.8) is 0 Å². The monoisotopic (exact) mass is 252 g/mol. The normalized spacial score (nSPS) is 9.40. The van der Waals surface area contributed by atoms with Crippen LogP contribution in [0.4, 0.5) is 0 Å². The van der Waals surface area contributed by atoms with Crippen molar-refractivity contribution in [2.24, 2.45) is 0 Å². The summed E-state index contributed by atoms with van der Waals surface area (Å²) in [6, 6.07) is 0. The van der Waals surface area contributed by atoms with E-state index in [1.807, 2.05) is 0 Å². The van der Waals surface area contributed by atoms with E-state index in [9.17, 15) is 14.4 Å². The van der Waals surface area contributed by atoms with Gasteiger partial charge in [0.2, 0.25) is 0 Å². The minimum absolute atomic E-state index is 0. The van der Waals surface area contributed by atoms with Crippen LogP contribution in [0.25, 0.3) is 0 Å². The summed E-state index contributed by atoms with van der Waals surface area (Å²) in [6.45, 7) is 0. The van der Waals surface area contributed by atoms with E-state index < -0.39 is 36.4 Å². The Kier molecular flexibility index (Phi) is 10.3. The Morgan fingerprint density at radius 2 is 1.27 bits per heavy atom. The molecule has 0 aliphatic carbocycles. The van der Waals surface area contributed by atoms with Gasteiger partial charge in [-0.05, 0) is 0 Å². The summed E-state index contributed by atoms with van der Waals surface area (Å²) < 4.78 is 0. The predicted molar refractivity (Wildman–Crippen MR) is 55.5 cm³/mol. The summed E-state index contributed by atoms with van der Waals surface area (Å²) in [7, 11) is 0. The van der Waals surface area contributed by atoms with Crippen molar-refractivity contribution in [1.29, 1.82) is 0 Å². The van der Waals surface area contributed by atoms with Crippen LogP contribution in [-0.4, -0.2) is 67.0 Å². The summed E-state index contributed by atoms with van der Waals surface area (Å²) in [5, 5.41) is 33.8. The van der Waals surface area contributed by atoms with Crippen molar-refractivity contribution in [2.75, 3.05) is 0 Å². The first-order chi connectivity index (χ1) is 5.78. The van der Waals surface area contributed by atoms with Gasteiger partial charge in [-0.1, -0.05) is 0 Å². The zero-order chi connectivity index (χ0) is 10.6. The van der Waals surface area contributed by atoms with Crippen molar-refractivity contribution in [3.8, 4) is 0 Å². The molecule has 0 saturated carbocycles. The van der Waals surface area contributed by atoms with Crippen molar-refractivity contribution >= 4 is 54.5 Å². The van der Waals surface area contributed by atoms with Crippen LogP contribution in [0.2, 0.25) is 0 Å². The van der Waals surface area contributed by atoms with Gasteiger partial charge >= 0.3 is 41.0 Å². The van der Waals surface area contributed by atoms with Gasteiger partial charge in [0.25, 0.3) is 0 Å². The minimum Gasteiger partial charge on any atom is -1.00 e. The number of hydrogen-bond acceptors (Lipinski definition) is 4. The molecule has 0 amide bonds. The van der Waals surface area contributed by atoms with Gasteiger partial charge < -0.3 is 23.3 Å². The number of hydrogen-bond donors (Lipinski definition) is 4. The SMILES string of the molecule is O=C(O)CC(O)(CC(=O)O)C(=O)O.S.[H-].[H-].[Mg+2]. The first kappa shape index (κ1) is 20.0. The van der Waals surface area contributed by atoms with Crippen molar-refractivity contribution in [2.45, 2.75) is 18.4 Å². The third-order valence-electron chi connectivity index (χ3n) is 1.29. The molecule has 15 heavy (non-hydrogen) atoms. The second kappa shape index (κ2) is 7.74. The predicted octanol–water partition coefficient (Wildman–Crippen LogP) is -1.29. The molecular formula is C6H12MgO7S. The molecule has 0 aliphatic heterocycles. The van der Waals surface area contributed by atoms with Crippen LogP contribution >= 0.6 is 13.5 Å². The van der Waals surface area contributed by atoms with Gasteiger partial charge in [0.1, 0.15) is 0 Å². The number of carboxylic acid groups (broad SMARTS) is 3. The molecular weight excluding hydrogens is 240 g/mol. The Morgan fingerprint density at radius 3 is 1.40 bits per heavy atom. The molecule has 0 aliphatic rings. The number of carbonyl (C=O) groups is 3. The molecule has 0 heterocycles. The molecule has 7 nitrogen and oxygen atoms in total. The maximum absolute atomic E-state index is 10.3. The molecule has 0 bridgehead atoms. The Morgan fingerprint density at radius 1 is 1.00 bits per heavy atom. The molecule has 0 unspecified atom stereocenters. The van der Waals surface area contributed by atoms with E-state index in [1.165, 1.54) is 0 Å². The van der Waals surface area contributed by atoms with E-state index >= 15 is 0 Å². The molecule has 9 heteroatoms. The third-order valence-corrected chi connectivity index (χ3v) is 1.29. The van der Waals surface area contributed by atoms with Gasteiger partial charge in [0.15, 0.2) is 5.60 Å². The molecule has 4 N–H and O–H groups in total. The van der Waals surface area contributed by atoms with Crippen LogP contribution in [0, 0.1) is 0 Å². The smallest absolute Gasteiger partial charge is 1.00 e. The fourth-order valence-electron chi connectivity index (χ4n) is 0.714. The molecule has 0 aromatic rings. The Balaban J connectivity index is -0.000000120. The second-order valence-corrected chi connectivity index (χ2v) is 2.48. The van der Waals surface area contributed by atoms with Crippen molar-refractivity contribution < 1.29 is 37.7 Å². The molecule has 0 spiro atoms. The van der Waals surface area contributed by atoms with Crippen LogP contribution in [0.1, 0.15) is 15.7 Å². The van der Waals surface area contributed by atoms with Crippen LogP contribution in [0.3, 0.4) is 0 Å². The summed E-state index contributed by atoms with van der Waals surface area (Å²) >= 11 is 0. The van der Waals surface area contributed by atoms with Gasteiger partial charge in [-0.3, -0.25) is 9.59 Å². The molecule has 0 rings (SSSR count). The van der Waals surface area contributed by atoms with E-state index in [2.05, 4.69) is 0 Å². The van der Waals surface area contributed by atoms with Gasteiger partial charge in [0.05, 0.1) is 12.8 Å². The topological polar surface area (TPSA) is 132 Å². The van der Waals surface area contributed by atoms with Crippen LogP contribution < -0.4 is 0 Å². The average molecular weight is 253 g/mol. The summed E-state index contributed by atoms with van der Waals surface area (Å²) in [5.41, 5.74) is -2.74. The zero-order valence-corrected chi connectivity index (χ0v) is 10.0. The van der Waals surface area contributed by atoms with Gasteiger partial charge in [-0.25, -0.2) is 4.79 Å². The maximum Gasteiger partial charge on any atom is 2.00 e. The fourth-order valence-corrected chi connectivity index (χ4v) is 0.714. The Labute approximate surface area is 111 Å². The molecule has 0 saturated heterocycles. The standard InChI is InChI=1S/C6H8O7.Mg.H2S.2H/c7-3(8)1-6(13,5(11)12)2-4(9)10;;;;/h13H,1-2H2,(H,7,8)(H,9,10)(H,11,12);;1H2;;/q;+2;;2*-1. The van der Waals surface area contributed by atoms with E-state index in [0.29, 0.717) is 0 Å². The molecule has 0 atom stereocenters. The summed E-state index contributed by atoms with van der Waals surface area (Å²) in [5.74, 6) is -5.02. The zero-order valence-electron chi connectivity index (χ0n) is 9.63. The molecule has 0 aromatic heterocycles. The largest absolute Gasteiger partial charge is 2.00 e. The van der Waals surface area contributed by atoms with Gasteiger partial charge in [0, 0.05) is 0 Å². The molecule has 0 aromatic carbocycles. The van der Waals surface area contributed by atoms with E-state index in [0.717, 1.165) is 0 Å². The van der Waals surface area contributed by atoms with E-state index in [-0.39, 0.29) is 39.4 Å². The minimum atomic E-state index is -2.74. The quantitative estimate of drug-likeness (QED) is 0.447. The first-order valence-corrected chi connectivity index (χ1v) is 3.17. The second-order valence-electron chi connectivity index (χ2n) is 2.48. The van der Waals surface area contributed by atoms with Gasteiger partial charge in [-0.2, -0.15) is 13.5 Å². The number of aliphatic hydroxyl groups is 1. The van der Waals surface area contributed by atoms with Gasteiger partial charge in [-0.15, -0.1) is 0 Å². The molecule has 0 radical (unpaired) electrons. The maximum atomic E-state index is 10.3. The fraction of sp³-hybridized carbons (Fsp3) is 0.500. The van der Waals surface area contributed by atoms with Crippen molar-refractivity contribution in [1.82, 2.24) is 0 Å². The molecule has 0 fully saturated rings. The third kappa shape index (κ3) is 7.42. The van der Waals surface area contributed by atoms with E-state index in [1.54, 1.807) is 0 Å². The summed E-state index contributed by atoms with van der Waals surface area (Å²) in [4.78, 5) is 30.5. The van der Waals surface area contributed by atoms with E-state index in [4.69, 9.17) is 20.4 Å².